The highest BCUT2D eigenvalue weighted by molar-refractivity contribution is 5.96. The second kappa shape index (κ2) is 3.77. The lowest BCUT2D eigenvalue weighted by atomic mass is 9.84. The van der Waals surface area contributed by atoms with E-state index in [1.807, 2.05) is 0 Å². The Hall–Kier alpha value is -1.05. The molecule has 0 aliphatic rings. The fraction of sp³-hybridized carbons (Fsp3) is 0.545. The summed E-state index contributed by atoms with van der Waals surface area (Å²) in [6, 6.07) is 1.72. The first-order valence-corrected chi connectivity index (χ1v) is 4.60. The molecule has 72 valence electrons. The molecule has 0 unspecified atom stereocenters. The summed E-state index contributed by atoms with van der Waals surface area (Å²) in [5.41, 5.74) is 0.774. The highest BCUT2D eigenvalue weighted by Crippen LogP contribution is 2.26. The lowest BCUT2D eigenvalue weighted by Gasteiger charge is -2.20. The molecule has 0 aliphatic heterocycles. The standard InChI is InChI=1S/C11H16O2/c1-4-11(2,3)7-10(12)9-5-6-13-8-9/h5-6,8H,4,7H2,1-3H3. The van der Waals surface area contributed by atoms with Crippen molar-refractivity contribution in [2.75, 3.05) is 0 Å². The van der Waals surface area contributed by atoms with E-state index in [4.69, 9.17) is 4.42 Å². The molecule has 0 radical (unpaired) electrons. The van der Waals surface area contributed by atoms with Gasteiger partial charge >= 0.3 is 0 Å². The maximum atomic E-state index is 11.6. The molecular formula is C11H16O2. The molecule has 0 N–H and O–H groups in total. The molecule has 1 aromatic rings. The lowest BCUT2D eigenvalue weighted by molar-refractivity contribution is 0.0928. The summed E-state index contributed by atoms with van der Waals surface area (Å²) >= 11 is 0. The Labute approximate surface area is 78.9 Å². The summed E-state index contributed by atoms with van der Waals surface area (Å²) in [5.74, 6) is 0.167. The van der Waals surface area contributed by atoms with Crippen LogP contribution in [-0.2, 0) is 0 Å². The summed E-state index contributed by atoms with van der Waals surface area (Å²) in [7, 11) is 0. The number of carbonyl (C=O) groups excluding carboxylic acids is 1. The molecule has 0 saturated carbocycles. The Balaban J connectivity index is 2.61. The average Bonchev–Trinajstić information content (AvgIpc) is 2.55. The highest BCUT2D eigenvalue weighted by atomic mass is 16.3. The fourth-order valence-electron chi connectivity index (χ4n) is 1.08. The van der Waals surface area contributed by atoms with E-state index >= 15 is 0 Å². The van der Waals surface area contributed by atoms with Crippen LogP contribution in [0.5, 0.6) is 0 Å². The second-order valence-corrected chi connectivity index (χ2v) is 4.13. The smallest absolute Gasteiger partial charge is 0.166 e. The first-order valence-electron chi connectivity index (χ1n) is 4.60. The minimum atomic E-state index is 0.0916. The maximum absolute atomic E-state index is 11.6. The molecule has 0 atom stereocenters. The predicted molar refractivity (Wildman–Crippen MR) is 51.7 cm³/mol. The average molecular weight is 180 g/mol. The molecule has 0 bridgehead atoms. The van der Waals surface area contributed by atoms with Crippen LogP contribution in [0.1, 0.15) is 44.0 Å². The molecule has 0 aliphatic carbocycles. The Morgan fingerprint density at radius 1 is 1.54 bits per heavy atom. The SMILES string of the molecule is CCC(C)(C)CC(=O)c1ccoc1. The van der Waals surface area contributed by atoms with Crippen LogP contribution in [0.25, 0.3) is 0 Å². The summed E-state index contributed by atoms with van der Waals surface area (Å²) < 4.78 is 4.86. The van der Waals surface area contributed by atoms with E-state index in [1.165, 1.54) is 12.5 Å². The zero-order valence-electron chi connectivity index (χ0n) is 8.46. The number of rotatable bonds is 4. The topological polar surface area (TPSA) is 30.2 Å². The van der Waals surface area contributed by atoms with Crippen molar-refractivity contribution in [2.24, 2.45) is 5.41 Å². The van der Waals surface area contributed by atoms with Crippen molar-refractivity contribution in [3.8, 4) is 0 Å². The zero-order valence-corrected chi connectivity index (χ0v) is 8.46. The van der Waals surface area contributed by atoms with Crippen molar-refractivity contribution in [1.29, 1.82) is 0 Å². The number of hydrogen-bond donors (Lipinski definition) is 0. The molecule has 1 rings (SSSR count). The van der Waals surface area contributed by atoms with Gasteiger partial charge in [0.2, 0.25) is 0 Å². The minimum Gasteiger partial charge on any atom is -0.472 e. The number of hydrogen-bond acceptors (Lipinski definition) is 2. The van der Waals surface area contributed by atoms with Gasteiger partial charge in [0.25, 0.3) is 0 Å². The van der Waals surface area contributed by atoms with E-state index in [9.17, 15) is 4.79 Å². The molecule has 0 saturated heterocycles. The molecule has 0 aromatic carbocycles. The summed E-state index contributed by atoms with van der Waals surface area (Å²) in [6.07, 6.45) is 4.64. The molecule has 13 heavy (non-hydrogen) atoms. The van der Waals surface area contributed by atoms with Crippen molar-refractivity contribution in [3.63, 3.8) is 0 Å². The van der Waals surface area contributed by atoms with Crippen LogP contribution in [0.15, 0.2) is 23.0 Å². The van der Waals surface area contributed by atoms with Crippen molar-refractivity contribution >= 4 is 5.78 Å². The molecule has 1 aromatic heterocycles. The monoisotopic (exact) mass is 180 g/mol. The van der Waals surface area contributed by atoms with Gasteiger partial charge in [0, 0.05) is 6.42 Å². The van der Waals surface area contributed by atoms with Gasteiger partial charge in [0.1, 0.15) is 6.26 Å². The van der Waals surface area contributed by atoms with Crippen molar-refractivity contribution < 1.29 is 9.21 Å². The van der Waals surface area contributed by atoms with Gasteiger partial charge in [-0.1, -0.05) is 27.2 Å². The van der Waals surface area contributed by atoms with Crippen LogP contribution in [-0.4, -0.2) is 5.78 Å². The first kappa shape index (κ1) is 10.0. The normalized spacial score (nSPS) is 11.6. The quantitative estimate of drug-likeness (QED) is 0.665. The van der Waals surface area contributed by atoms with Gasteiger partial charge in [-0.2, -0.15) is 0 Å². The third-order valence-electron chi connectivity index (χ3n) is 2.44. The van der Waals surface area contributed by atoms with Crippen molar-refractivity contribution in [1.82, 2.24) is 0 Å². The van der Waals surface area contributed by atoms with Gasteiger partial charge in [-0.05, 0) is 11.5 Å². The number of carbonyl (C=O) groups is 1. The summed E-state index contributed by atoms with van der Waals surface area (Å²) in [6.45, 7) is 6.30. The molecule has 2 heteroatoms. The van der Waals surface area contributed by atoms with Gasteiger partial charge in [0.15, 0.2) is 5.78 Å². The first-order chi connectivity index (χ1) is 6.05. The predicted octanol–water partition coefficient (Wildman–Crippen LogP) is 3.29. The van der Waals surface area contributed by atoms with Gasteiger partial charge in [0.05, 0.1) is 11.8 Å². The van der Waals surface area contributed by atoms with Crippen LogP contribution in [0.3, 0.4) is 0 Å². The number of Topliss-reactive ketones (excluding diaryl/α,β-unsaturated/α-hetero) is 1. The van der Waals surface area contributed by atoms with Crippen molar-refractivity contribution in [2.45, 2.75) is 33.6 Å². The number of furan rings is 1. The van der Waals surface area contributed by atoms with Crippen LogP contribution in [0.4, 0.5) is 0 Å². The Morgan fingerprint density at radius 2 is 2.23 bits per heavy atom. The molecule has 1 heterocycles. The van der Waals surface area contributed by atoms with Gasteiger partial charge < -0.3 is 4.42 Å². The summed E-state index contributed by atoms with van der Waals surface area (Å²) in [5, 5.41) is 0. The van der Waals surface area contributed by atoms with Crippen molar-refractivity contribution in [3.05, 3.63) is 24.2 Å². The van der Waals surface area contributed by atoms with Gasteiger partial charge in [-0.3, -0.25) is 4.79 Å². The van der Waals surface area contributed by atoms with Gasteiger partial charge in [-0.15, -0.1) is 0 Å². The molecular weight excluding hydrogens is 164 g/mol. The van der Waals surface area contributed by atoms with E-state index in [-0.39, 0.29) is 11.2 Å². The fourth-order valence-corrected chi connectivity index (χ4v) is 1.08. The maximum Gasteiger partial charge on any atom is 0.166 e. The molecule has 0 spiro atoms. The highest BCUT2D eigenvalue weighted by Gasteiger charge is 2.20. The van der Waals surface area contributed by atoms with E-state index < -0.39 is 0 Å². The third-order valence-corrected chi connectivity index (χ3v) is 2.44. The minimum absolute atomic E-state index is 0.0916. The Kier molecular flexibility index (Phi) is 2.91. The summed E-state index contributed by atoms with van der Waals surface area (Å²) in [4.78, 5) is 11.6. The molecule has 0 amide bonds. The Bertz CT molecular complexity index is 270. The van der Waals surface area contributed by atoms with E-state index in [1.54, 1.807) is 6.07 Å². The van der Waals surface area contributed by atoms with Crippen LogP contribution in [0, 0.1) is 5.41 Å². The van der Waals surface area contributed by atoms with Crippen LogP contribution < -0.4 is 0 Å². The second-order valence-electron chi connectivity index (χ2n) is 4.13. The molecule has 0 fully saturated rings. The van der Waals surface area contributed by atoms with E-state index in [0.717, 1.165) is 6.42 Å². The lowest BCUT2D eigenvalue weighted by Crippen LogP contribution is -2.15. The van der Waals surface area contributed by atoms with E-state index in [2.05, 4.69) is 20.8 Å². The number of ketones is 1. The largest absolute Gasteiger partial charge is 0.472 e. The van der Waals surface area contributed by atoms with Gasteiger partial charge in [-0.25, -0.2) is 0 Å². The molecule has 2 nitrogen and oxygen atoms in total. The zero-order chi connectivity index (χ0) is 9.90. The Morgan fingerprint density at radius 3 is 2.69 bits per heavy atom. The van der Waals surface area contributed by atoms with Crippen LogP contribution in [0.2, 0.25) is 0 Å². The third kappa shape index (κ3) is 2.72. The van der Waals surface area contributed by atoms with E-state index in [0.29, 0.717) is 12.0 Å². The van der Waals surface area contributed by atoms with Crippen LogP contribution >= 0.6 is 0 Å².